The van der Waals surface area contributed by atoms with Crippen molar-refractivity contribution < 1.29 is 0 Å². The molecule has 3 fully saturated rings. The Balaban J connectivity index is 1.66. The first-order valence-electron chi connectivity index (χ1n) is 7.86. The van der Waals surface area contributed by atoms with Gasteiger partial charge in [-0.2, -0.15) is 0 Å². The SMILES string of the molecule is CC1(C)CN(CC2CC3CCC2C3)C(C)(C)CN1. The average molecular weight is 250 g/mol. The van der Waals surface area contributed by atoms with Crippen LogP contribution in [-0.2, 0) is 0 Å². The van der Waals surface area contributed by atoms with Crippen LogP contribution in [0.4, 0.5) is 0 Å². The highest BCUT2D eigenvalue weighted by molar-refractivity contribution is 5.00. The molecular weight excluding hydrogens is 220 g/mol. The Labute approximate surface area is 113 Å². The summed E-state index contributed by atoms with van der Waals surface area (Å²) in [6.45, 7) is 13.2. The monoisotopic (exact) mass is 250 g/mol. The van der Waals surface area contributed by atoms with Gasteiger partial charge in [0.1, 0.15) is 0 Å². The first-order valence-corrected chi connectivity index (χ1v) is 7.86. The second-order valence-electron chi connectivity index (χ2n) is 8.37. The highest BCUT2D eigenvalue weighted by Crippen LogP contribution is 2.49. The van der Waals surface area contributed by atoms with E-state index in [0.717, 1.165) is 24.3 Å². The summed E-state index contributed by atoms with van der Waals surface area (Å²) in [6.07, 6.45) is 6.11. The quantitative estimate of drug-likeness (QED) is 0.811. The van der Waals surface area contributed by atoms with Crippen LogP contribution in [0.15, 0.2) is 0 Å². The number of rotatable bonds is 2. The molecule has 0 spiro atoms. The van der Waals surface area contributed by atoms with Gasteiger partial charge in [0.2, 0.25) is 0 Å². The molecule has 18 heavy (non-hydrogen) atoms. The molecule has 0 aromatic rings. The van der Waals surface area contributed by atoms with Crippen molar-refractivity contribution in [2.45, 2.75) is 64.5 Å². The minimum absolute atomic E-state index is 0.285. The molecular formula is C16H30N2. The third-order valence-electron chi connectivity index (χ3n) is 5.78. The molecule has 1 aliphatic heterocycles. The Hall–Kier alpha value is -0.0800. The van der Waals surface area contributed by atoms with Crippen molar-refractivity contribution in [2.75, 3.05) is 19.6 Å². The van der Waals surface area contributed by atoms with Crippen LogP contribution in [-0.4, -0.2) is 35.6 Å². The largest absolute Gasteiger partial charge is 0.309 e. The van der Waals surface area contributed by atoms with Crippen LogP contribution in [0.1, 0.15) is 53.4 Å². The van der Waals surface area contributed by atoms with Gasteiger partial charge in [-0.05, 0) is 64.7 Å². The molecule has 104 valence electrons. The molecule has 2 aliphatic carbocycles. The first kappa shape index (κ1) is 12.9. The predicted molar refractivity (Wildman–Crippen MR) is 76.7 cm³/mol. The van der Waals surface area contributed by atoms with Crippen LogP contribution in [0, 0.1) is 17.8 Å². The maximum absolute atomic E-state index is 3.70. The fraction of sp³-hybridized carbons (Fsp3) is 1.00. The van der Waals surface area contributed by atoms with Crippen molar-refractivity contribution >= 4 is 0 Å². The van der Waals surface area contributed by atoms with E-state index in [-0.39, 0.29) is 5.54 Å². The van der Waals surface area contributed by atoms with E-state index in [2.05, 4.69) is 37.9 Å². The van der Waals surface area contributed by atoms with Crippen LogP contribution in [0.2, 0.25) is 0 Å². The van der Waals surface area contributed by atoms with Crippen LogP contribution in [0.25, 0.3) is 0 Å². The molecule has 3 aliphatic rings. The van der Waals surface area contributed by atoms with E-state index in [9.17, 15) is 0 Å². The van der Waals surface area contributed by atoms with E-state index in [4.69, 9.17) is 0 Å². The Morgan fingerprint density at radius 1 is 1.11 bits per heavy atom. The second kappa shape index (κ2) is 4.21. The van der Waals surface area contributed by atoms with Gasteiger partial charge in [0, 0.05) is 30.7 Å². The predicted octanol–water partition coefficient (Wildman–Crippen LogP) is 2.89. The molecule has 0 aromatic carbocycles. The molecule has 2 bridgehead atoms. The standard InChI is InChI=1S/C16H30N2/c1-15(2)11-18(16(3,4)10-17-15)9-14-8-12-5-6-13(14)7-12/h12-14,17H,5-11H2,1-4H3. The van der Waals surface area contributed by atoms with Gasteiger partial charge in [-0.3, -0.25) is 4.90 Å². The van der Waals surface area contributed by atoms with Crippen molar-refractivity contribution in [3.05, 3.63) is 0 Å². The molecule has 3 rings (SSSR count). The summed E-state index contributed by atoms with van der Waals surface area (Å²) in [5, 5.41) is 3.70. The summed E-state index contributed by atoms with van der Waals surface area (Å²) in [4.78, 5) is 2.77. The third-order valence-corrected chi connectivity index (χ3v) is 5.78. The van der Waals surface area contributed by atoms with Crippen LogP contribution < -0.4 is 5.32 Å². The van der Waals surface area contributed by atoms with Gasteiger partial charge in [0.05, 0.1) is 0 Å². The van der Waals surface area contributed by atoms with Crippen LogP contribution in [0.5, 0.6) is 0 Å². The molecule has 2 heteroatoms. The lowest BCUT2D eigenvalue weighted by Crippen LogP contribution is -2.66. The number of nitrogens with one attached hydrogen (secondary N) is 1. The molecule has 3 unspecified atom stereocenters. The Kier molecular flexibility index (Phi) is 3.02. The van der Waals surface area contributed by atoms with Crippen LogP contribution in [0.3, 0.4) is 0 Å². The topological polar surface area (TPSA) is 15.3 Å². The molecule has 2 saturated carbocycles. The molecule has 1 saturated heterocycles. The molecule has 0 radical (unpaired) electrons. The Bertz CT molecular complexity index is 321. The fourth-order valence-electron chi connectivity index (χ4n) is 4.51. The molecule has 0 aromatic heterocycles. The summed E-state index contributed by atoms with van der Waals surface area (Å²) >= 11 is 0. The first-order chi connectivity index (χ1) is 8.36. The minimum Gasteiger partial charge on any atom is -0.309 e. The van der Waals surface area contributed by atoms with Crippen molar-refractivity contribution in [1.82, 2.24) is 10.2 Å². The Morgan fingerprint density at radius 2 is 1.89 bits per heavy atom. The maximum Gasteiger partial charge on any atom is 0.0278 e. The maximum atomic E-state index is 3.70. The van der Waals surface area contributed by atoms with E-state index >= 15 is 0 Å². The molecule has 3 atom stereocenters. The highest BCUT2D eigenvalue weighted by atomic mass is 15.3. The van der Waals surface area contributed by atoms with Gasteiger partial charge in [-0.1, -0.05) is 6.42 Å². The number of hydrogen-bond acceptors (Lipinski definition) is 2. The number of fused-ring (bicyclic) bond motifs is 2. The normalized spacial score (nSPS) is 42.3. The third kappa shape index (κ3) is 2.34. The minimum atomic E-state index is 0.285. The average Bonchev–Trinajstić information content (AvgIpc) is 2.86. The zero-order chi connectivity index (χ0) is 13.0. The van der Waals surface area contributed by atoms with Gasteiger partial charge in [0.25, 0.3) is 0 Å². The van der Waals surface area contributed by atoms with Gasteiger partial charge in [-0.15, -0.1) is 0 Å². The number of piperazine rings is 1. The number of nitrogens with zero attached hydrogens (tertiary/aromatic N) is 1. The van der Waals surface area contributed by atoms with Gasteiger partial charge >= 0.3 is 0 Å². The van der Waals surface area contributed by atoms with E-state index in [1.807, 2.05) is 0 Å². The van der Waals surface area contributed by atoms with Gasteiger partial charge < -0.3 is 5.32 Å². The van der Waals surface area contributed by atoms with Crippen molar-refractivity contribution in [3.63, 3.8) is 0 Å². The van der Waals surface area contributed by atoms with Crippen LogP contribution >= 0.6 is 0 Å². The summed E-state index contributed by atoms with van der Waals surface area (Å²) in [5.41, 5.74) is 0.616. The smallest absolute Gasteiger partial charge is 0.0278 e. The summed E-state index contributed by atoms with van der Waals surface area (Å²) in [5.74, 6) is 3.14. The highest BCUT2D eigenvalue weighted by Gasteiger charge is 2.44. The van der Waals surface area contributed by atoms with E-state index in [0.29, 0.717) is 5.54 Å². The summed E-state index contributed by atoms with van der Waals surface area (Å²) in [6, 6.07) is 0. The van der Waals surface area contributed by atoms with Gasteiger partial charge in [0.15, 0.2) is 0 Å². The molecule has 1 N–H and O–H groups in total. The zero-order valence-electron chi connectivity index (χ0n) is 12.6. The lowest BCUT2D eigenvalue weighted by Gasteiger charge is -2.51. The summed E-state index contributed by atoms with van der Waals surface area (Å²) < 4.78 is 0. The van der Waals surface area contributed by atoms with E-state index < -0.39 is 0 Å². The van der Waals surface area contributed by atoms with Crippen molar-refractivity contribution in [1.29, 1.82) is 0 Å². The molecule has 0 amide bonds. The van der Waals surface area contributed by atoms with E-state index in [1.165, 1.54) is 32.4 Å². The lowest BCUT2D eigenvalue weighted by molar-refractivity contribution is 0.0188. The molecule has 1 heterocycles. The zero-order valence-corrected chi connectivity index (χ0v) is 12.6. The van der Waals surface area contributed by atoms with E-state index in [1.54, 1.807) is 6.42 Å². The van der Waals surface area contributed by atoms with Crippen molar-refractivity contribution in [2.24, 2.45) is 17.8 Å². The second-order valence-corrected chi connectivity index (χ2v) is 8.37. The lowest BCUT2D eigenvalue weighted by atomic mass is 9.85. The van der Waals surface area contributed by atoms with Gasteiger partial charge in [-0.25, -0.2) is 0 Å². The Morgan fingerprint density at radius 3 is 2.50 bits per heavy atom. The van der Waals surface area contributed by atoms with Crippen molar-refractivity contribution in [3.8, 4) is 0 Å². The fourth-order valence-corrected chi connectivity index (χ4v) is 4.51. The summed E-state index contributed by atoms with van der Waals surface area (Å²) in [7, 11) is 0. The molecule has 2 nitrogen and oxygen atoms in total. The number of hydrogen-bond donors (Lipinski definition) is 1.